The molecule has 0 spiro atoms. The Hall–Kier alpha value is -2.67. The molecule has 2 aromatic carbocycles. The first-order valence-electron chi connectivity index (χ1n) is 8.69. The van der Waals surface area contributed by atoms with Gasteiger partial charge in [0.05, 0.1) is 5.75 Å². The van der Waals surface area contributed by atoms with E-state index in [9.17, 15) is 18.0 Å². The van der Waals surface area contributed by atoms with E-state index in [1.54, 1.807) is 24.3 Å². The summed E-state index contributed by atoms with van der Waals surface area (Å²) in [5.41, 5.74) is 2.29. The summed E-state index contributed by atoms with van der Waals surface area (Å²) in [5, 5.41) is 11.3. The number of carboxylic acid groups (broad SMARTS) is 1. The minimum atomic E-state index is -3.49. The van der Waals surface area contributed by atoms with Crippen LogP contribution in [-0.2, 0) is 32.3 Å². The van der Waals surface area contributed by atoms with Gasteiger partial charge >= 0.3 is 5.97 Å². The molecule has 1 amide bonds. The molecule has 2 aromatic rings. The minimum Gasteiger partial charge on any atom is -0.481 e. The molecule has 2 rings (SSSR count). The molecule has 0 saturated heterocycles. The third kappa shape index (κ3) is 8.04. The van der Waals surface area contributed by atoms with E-state index in [1.165, 1.54) is 0 Å². The summed E-state index contributed by atoms with van der Waals surface area (Å²) in [6.07, 6.45) is 1.45. The Morgan fingerprint density at radius 2 is 1.63 bits per heavy atom. The summed E-state index contributed by atoms with van der Waals surface area (Å²) in [5.74, 6) is -2.11. The van der Waals surface area contributed by atoms with Gasteiger partial charge in [-0.15, -0.1) is 0 Å². The molecule has 0 unspecified atom stereocenters. The summed E-state index contributed by atoms with van der Waals surface area (Å²) < 4.78 is 24.3. The van der Waals surface area contributed by atoms with Crippen molar-refractivity contribution in [2.45, 2.75) is 25.7 Å². The van der Waals surface area contributed by atoms with Crippen molar-refractivity contribution in [1.29, 1.82) is 0 Å². The van der Waals surface area contributed by atoms with Gasteiger partial charge in [0, 0.05) is 12.1 Å². The third-order valence-corrected chi connectivity index (χ3v) is 5.57. The van der Waals surface area contributed by atoms with Crippen LogP contribution in [0.2, 0.25) is 0 Å². The zero-order chi connectivity index (χ0) is 19.7. The summed E-state index contributed by atoms with van der Waals surface area (Å²) >= 11 is 0. The lowest BCUT2D eigenvalue weighted by atomic mass is 10.1. The van der Waals surface area contributed by atoms with E-state index in [0.29, 0.717) is 24.9 Å². The summed E-state index contributed by atoms with van der Waals surface area (Å²) in [6, 6.07) is 16.4. The first-order chi connectivity index (χ1) is 12.8. The van der Waals surface area contributed by atoms with Gasteiger partial charge in [0.1, 0.15) is 5.75 Å². The number of aryl methyl sites for hydroxylation is 2. The number of rotatable bonds is 10. The second kappa shape index (κ2) is 9.87. The highest BCUT2D eigenvalue weighted by Crippen LogP contribution is 2.13. The van der Waals surface area contributed by atoms with Gasteiger partial charge in [0.2, 0.25) is 5.91 Å². The molecule has 0 bridgehead atoms. The maximum Gasteiger partial charge on any atom is 0.303 e. The highest BCUT2D eigenvalue weighted by molar-refractivity contribution is 7.92. The van der Waals surface area contributed by atoms with Crippen LogP contribution in [0.15, 0.2) is 54.6 Å². The predicted octanol–water partition coefficient (Wildman–Crippen LogP) is 2.69. The lowest BCUT2D eigenvalue weighted by molar-refractivity contribution is -0.137. The van der Waals surface area contributed by atoms with Crippen LogP contribution in [0, 0.1) is 0 Å². The van der Waals surface area contributed by atoms with Crippen molar-refractivity contribution in [3.8, 4) is 0 Å². The van der Waals surface area contributed by atoms with Gasteiger partial charge < -0.3 is 10.4 Å². The molecule has 0 fully saturated rings. The van der Waals surface area contributed by atoms with E-state index in [0.717, 1.165) is 11.1 Å². The van der Waals surface area contributed by atoms with E-state index < -0.39 is 27.5 Å². The number of hydrogen-bond acceptors (Lipinski definition) is 4. The molecule has 0 radical (unpaired) electrons. The van der Waals surface area contributed by atoms with Crippen LogP contribution in [-0.4, -0.2) is 36.9 Å². The Balaban J connectivity index is 1.83. The van der Waals surface area contributed by atoms with Gasteiger partial charge in [0.25, 0.3) is 0 Å². The molecule has 0 saturated carbocycles. The number of sulfone groups is 1. The van der Waals surface area contributed by atoms with Crippen LogP contribution in [0.5, 0.6) is 0 Å². The summed E-state index contributed by atoms with van der Waals surface area (Å²) in [7, 11) is -3.49. The van der Waals surface area contributed by atoms with Gasteiger partial charge in [-0.2, -0.15) is 0 Å². The Bertz CT molecular complexity index is 878. The molecule has 144 valence electrons. The molecule has 0 atom stereocenters. The molecule has 0 aliphatic rings. The van der Waals surface area contributed by atoms with Crippen LogP contribution in [0.1, 0.15) is 24.0 Å². The topological polar surface area (TPSA) is 101 Å². The number of anilines is 1. The average Bonchev–Trinajstić information content (AvgIpc) is 2.60. The Kier molecular flexibility index (Phi) is 7.55. The molecular formula is C20H23NO5S. The molecule has 0 aromatic heterocycles. The number of carboxylic acids is 1. The van der Waals surface area contributed by atoms with Crippen LogP contribution in [0.25, 0.3) is 0 Å². The summed E-state index contributed by atoms with van der Waals surface area (Å²) in [6.45, 7) is 0. The average molecular weight is 389 g/mol. The largest absolute Gasteiger partial charge is 0.481 e. The Morgan fingerprint density at radius 3 is 2.33 bits per heavy atom. The van der Waals surface area contributed by atoms with Crippen molar-refractivity contribution in [2.24, 2.45) is 0 Å². The molecule has 6 nitrogen and oxygen atoms in total. The van der Waals surface area contributed by atoms with Crippen molar-refractivity contribution >= 4 is 27.4 Å². The van der Waals surface area contributed by atoms with Gasteiger partial charge in [0.15, 0.2) is 9.84 Å². The zero-order valence-corrected chi connectivity index (χ0v) is 15.7. The second-order valence-corrected chi connectivity index (χ2v) is 8.51. The van der Waals surface area contributed by atoms with Crippen LogP contribution < -0.4 is 5.32 Å². The Morgan fingerprint density at radius 1 is 0.926 bits per heavy atom. The van der Waals surface area contributed by atoms with Gasteiger partial charge in [-0.05, 0) is 42.5 Å². The quantitative estimate of drug-likeness (QED) is 0.651. The van der Waals surface area contributed by atoms with E-state index >= 15 is 0 Å². The Labute approximate surface area is 159 Å². The predicted molar refractivity (Wildman–Crippen MR) is 104 cm³/mol. The number of carbonyl (C=O) groups excluding carboxylic acids is 1. The lowest BCUT2D eigenvalue weighted by Gasteiger charge is -2.08. The van der Waals surface area contributed by atoms with Gasteiger partial charge in [-0.1, -0.05) is 42.5 Å². The molecule has 0 heterocycles. The standard InChI is InChI=1S/C20H23NO5S/c22-19(21-18-10-4-8-17(14-18)11-12-20(23)24)15-27(25,26)13-5-9-16-6-2-1-3-7-16/h1-4,6-8,10,14H,5,9,11-13,15H2,(H,21,22)(H,23,24). The normalized spacial score (nSPS) is 11.1. The highest BCUT2D eigenvalue weighted by atomic mass is 32.2. The summed E-state index contributed by atoms with van der Waals surface area (Å²) in [4.78, 5) is 22.7. The van der Waals surface area contributed by atoms with Crippen LogP contribution in [0.3, 0.4) is 0 Å². The van der Waals surface area contributed by atoms with E-state index in [2.05, 4.69) is 5.32 Å². The molecule has 0 aliphatic heterocycles. The second-order valence-electron chi connectivity index (χ2n) is 6.32. The maximum absolute atomic E-state index is 12.1. The number of aliphatic carboxylic acids is 1. The minimum absolute atomic E-state index is 0.00675. The highest BCUT2D eigenvalue weighted by Gasteiger charge is 2.16. The smallest absolute Gasteiger partial charge is 0.303 e. The van der Waals surface area contributed by atoms with Crippen molar-refractivity contribution in [3.05, 3.63) is 65.7 Å². The van der Waals surface area contributed by atoms with Crippen LogP contribution in [0.4, 0.5) is 5.69 Å². The third-order valence-electron chi connectivity index (χ3n) is 3.95. The van der Waals surface area contributed by atoms with E-state index in [1.807, 2.05) is 30.3 Å². The maximum atomic E-state index is 12.1. The van der Waals surface area contributed by atoms with Crippen molar-refractivity contribution in [1.82, 2.24) is 0 Å². The first kappa shape index (κ1) is 20.6. The number of carbonyl (C=O) groups is 2. The van der Waals surface area contributed by atoms with E-state index in [-0.39, 0.29) is 12.2 Å². The first-order valence-corrected chi connectivity index (χ1v) is 10.5. The fraction of sp³-hybridized carbons (Fsp3) is 0.300. The number of amides is 1. The number of nitrogens with one attached hydrogen (secondary N) is 1. The molecule has 7 heteroatoms. The molecular weight excluding hydrogens is 366 g/mol. The number of benzene rings is 2. The lowest BCUT2D eigenvalue weighted by Crippen LogP contribution is -2.25. The fourth-order valence-electron chi connectivity index (χ4n) is 2.67. The monoisotopic (exact) mass is 389 g/mol. The SMILES string of the molecule is O=C(O)CCc1cccc(NC(=O)CS(=O)(=O)CCCc2ccccc2)c1. The van der Waals surface area contributed by atoms with Gasteiger partial charge in [-0.3, -0.25) is 9.59 Å². The van der Waals surface area contributed by atoms with Crippen molar-refractivity contribution in [2.75, 3.05) is 16.8 Å². The van der Waals surface area contributed by atoms with Crippen LogP contribution >= 0.6 is 0 Å². The number of hydrogen-bond donors (Lipinski definition) is 2. The molecule has 2 N–H and O–H groups in total. The zero-order valence-electron chi connectivity index (χ0n) is 14.9. The fourth-order valence-corrected chi connectivity index (χ4v) is 3.87. The van der Waals surface area contributed by atoms with Crippen molar-refractivity contribution < 1.29 is 23.1 Å². The van der Waals surface area contributed by atoms with Crippen molar-refractivity contribution in [3.63, 3.8) is 0 Å². The molecule has 27 heavy (non-hydrogen) atoms. The van der Waals surface area contributed by atoms with Gasteiger partial charge in [-0.25, -0.2) is 8.42 Å². The van der Waals surface area contributed by atoms with E-state index in [4.69, 9.17) is 5.11 Å². The molecule has 0 aliphatic carbocycles.